The zero-order chi connectivity index (χ0) is 13.9. The topological polar surface area (TPSA) is 65.7 Å². The van der Waals surface area contributed by atoms with Crippen molar-refractivity contribution < 1.29 is 14.2 Å². The lowest BCUT2D eigenvalue weighted by Crippen LogP contribution is -2.24. The van der Waals surface area contributed by atoms with Crippen molar-refractivity contribution in [3.05, 3.63) is 12.1 Å². The number of nitrogens with one attached hydrogen (secondary N) is 1. The van der Waals surface area contributed by atoms with Crippen LogP contribution in [0.2, 0.25) is 0 Å². The summed E-state index contributed by atoms with van der Waals surface area (Å²) in [6.07, 6.45) is 2.36. The van der Waals surface area contributed by atoms with E-state index in [1.165, 1.54) is 12.8 Å². The van der Waals surface area contributed by atoms with E-state index in [-0.39, 0.29) is 5.41 Å². The van der Waals surface area contributed by atoms with Crippen LogP contribution in [-0.4, -0.2) is 34.4 Å². The minimum absolute atomic E-state index is 0.246. The summed E-state index contributed by atoms with van der Waals surface area (Å²) in [5, 5.41) is 3.40. The molecule has 5 heteroatoms. The van der Waals surface area contributed by atoms with E-state index in [1.54, 1.807) is 21.3 Å². The monoisotopic (exact) mass is 266 g/mol. The van der Waals surface area contributed by atoms with Crippen molar-refractivity contribution in [1.29, 1.82) is 0 Å². The first kappa shape index (κ1) is 13.8. The predicted octanol–water partition coefficient (Wildman–Crippen LogP) is 1.86. The average molecular weight is 266 g/mol. The Bertz CT molecular complexity index is 419. The summed E-state index contributed by atoms with van der Waals surface area (Å²) in [6.45, 7) is 1.54. The molecule has 0 unspecified atom stereocenters. The zero-order valence-electron chi connectivity index (χ0n) is 11.8. The Morgan fingerprint density at radius 1 is 1.11 bits per heavy atom. The number of methoxy groups -OCH3 is 3. The van der Waals surface area contributed by atoms with Crippen LogP contribution >= 0.6 is 0 Å². The van der Waals surface area contributed by atoms with Crippen LogP contribution < -0.4 is 25.3 Å². The Hall–Kier alpha value is -1.62. The highest BCUT2D eigenvalue weighted by atomic mass is 16.5. The van der Waals surface area contributed by atoms with Crippen LogP contribution in [0.4, 0.5) is 5.69 Å². The second-order valence-electron chi connectivity index (χ2n) is 4.96. The summed E-state index contributed by atoms with van der Waals surface area (Å²) in [4.78, 5) is 0. The van der Waals surface area contributed by atoms with Gasteiger partial charge in [-0.05, 0) is 24.8 Å². The molecule has 0 radical (unpaired) electrons. The molecule has 0 spiro atoms. The summed E-state index contributed by atoms with van der Waals surface area (Å²) in [5.41, 5.74) is 6.90. The number of hydrogen-bond acceptors (Lipinski definition) is 5. The molecule has 1 aliphatic rings. The standard InChI is InChI=1S/C14H22N2O3/c1-17-10-6-11(18-2)13(12(7-10)19-3)16-9-14(8-15)4-5-14/h6-7,16H,4-5,8-9,15H2,1-3H3. The largest absolute Gasteiger partial charge is 0.496 e. The van der Waals surface area contributed by atoms with Gasteiger partial charge >= 0.3 is 0 Å². The number of benzene rings is 1. The number of hydrogen-bond donors (Lipinski definition) is 2. The van der Waals surface area contributed by atoms with Gasteiger partial charge in [0.1, 0.15) is 22.9 Å². The SMILES string of the molecule is COc1cc(OC)c(NCC2(CN)CC2)c(OC)c1. The lowest BCUT2D eigenvalue weighted by Gasteiger charge is -2.19. The molecule has 5 nitrogen and oxygen atoms in total. The Kier molecular flexibility index (Phi) is 4.04. The molecular formula is C14H22N2O3. The van der Waals surface area contributed by atoms with Crippen LogP contribution in [0, 0.1) is 5.41 Å². The third kappa shape index (κ3) is 2.87. The Labute approximate surface area is 114 Å². The maximum absolute atomic E-state index is 5.80. The van der Waals surface area contributed by atoms with Crippen LogP contribution in [0.1, 0.15) is 12.8 Å². The smallest absolute Gasteiger partial charge is 0.149 e. The lowest BCUT2D eigenvalue weighted by atomic mass is 10.1. The lowest BCUT2D eigenvalue weighted by molar-refractivity contribution is 0.377. The second-order valence-corrected chi connectivity index (χ2v) is 4.96. The van der Waals surface area contributed by atoms with Crippen LogP contribution in [-0.2, 0) is 0 Å². The van der Waals surface area contributed by atoms with Gasteiger partial charge in [-0.1, -0.05) is 0 Å². The summed E-state index contributed by atoms with van der Waals surface area (Å²) in [5.74, 6) is 2.13. The quantitative estimate of drug-likeness (QED) is 0.788. The fourth-order valence-corrected chi connectivity index (χ4v) is 2.09. The number of anilines is 1. The summed E-state index contributed by atoms with van der Waals surface area (Å²) < 4.78 is 16.0. The van der Waals surface area contributed by atoms with Crippen LogP contribution in [0.15, 0.2) is 12.1 Å². The fraction of sp³-hybridized carbons (Fsp3) is 0.571. The number of rotatable bonds is 7. The summed E-state index contributed by atoms with van der Waals surface area (Å²) >= 11 is 0. The van der Waals surface area contributed by atoms with E-state index in [2.05, 4.69) is 5.32 Å². The Morgan fingerprint density at radius 2 is 1.68 bits per heavy atom. The van der Waals surface area contributed by atoms with Crippen LogP contribution in [0.25, 0.3) is 0 Å². The van der Waals surface area contributed by atoms with E-state index >= 15 is 0 Å². The molecule has 1 aromatic carbocycles. The van der Waals surface area contributed by atoms with Gasteiger partial charge in [0.15, 0.2) is 0 Å². The van der Waals surface area contributed by atoms with Gasteiger partial charge in [0.2, 0.25) is 0 Å². The van der Waals surface area contributed by atoms with E-state index in [0.717, 1.165) is 12.2 Å². The molecule has 0 aromatic heterocycles. The Morgan fingerprint density at radius 3 is 2.05 bits per heavy atom. The van der Waals surface area contributed by atoms with Gasteiger partial charge in [-0.2, -0.15) is 0 Å². The Balaban J connectivity index is 2.21. The molecule has 1 aromatic rings. The molecule has 106 valence electrons. The maximum Gasteiger partial charge on any atom is 0.149 e. The van der Waals surface area contributed by atoms with Gasteiger partial charge in [-0.3, -0.25) is 0 Å². The van der Waals surface area contributed by atoms with E-state index in [9.17, 15) is 0 Å². The molecule has 0 aliphatic heterocycles. The van der Waals surface area contributed by atoms with Crippen LogP contribution in [0.3, 0.4) is 0 Å². The first-order valence-corrected chi connectivity index (χ1v) is 6.42. The predicted molar refractivity (Wildman–Crippen MR) is 75.3 cm³/mol. The molecule has 3 N–H and O–H groups in total. The van der Waals surface area contributed by atoms with Gasteiger partial charge in [-0.25, -0.2) is 0 Å². The first-order chi connectivity index (χ1) is 9.18. The molecule has 19 heavy (non-hydrogen) atoms. The van der Waals surface area contributed by atoms with Crippen molar-refractivity contribution in [2.75, 3.05) is 39.7 Å². The summed E-state index contributed by atoms with van der Waals surface area (Å²) in [6, 6.07) is 3.68. The van der Waals surface area contributed by atoms with Gasteiger partial charge < -0.3 is 25.3 Å². The highest BCUT2D eigenvalue weighted by Gasteiger charge is 2.41. The highest BCUT2D eigenvalue weighted by molar-refractivity contribution is 5.69. The third-order valence-electron chi connectivity index (χ3n) is 3.75. The van der Waals surface area contributed by atoms with Gasteiger partial charge in [0, 0.05) is 18.7 Å². The minimum Gasteiger partial charge on any atom is -0.496 e. The molecule has 0 amide bonds. The van der Waals surface area contributed by atoms with Gasteiger partial charge in [0.25, 0.3) is 0 Å². The van der Waals surface area contributed by atoms with Gasteiger partial charge in [-0.15, -0.1) is 0 Å². The molecular weight excluding hydrogens is 244 g/mol. The highest BCUT2D eigenvalue weighted by Crippen LogP contribution is 2.46. The molecule has 0 heterocycles. The van der Waals surface area contributed by atoms with Crippen molar-refractivity contribution in [3.8, 4) is 17.2 Å². The van der Waals surface area contributed by atoms with Crippen LogP contribution in [0.5, 0.6) is 17.2 Å². The average Bonchev–Trinajstić information content (AvgIpc) is 3.24. The molecule has 0 bridgehead atoms. The van der Waals surface area contributed by atoms with E-state index in [1.807, 2.05) is 12.1 Å². The molecule has 1 fully saturated rings. The fourth-order valence-electron chi connectivity index (χ4n) is 2.09. The molecule has 1 saturated carbocycles. The van der Waals surface area contributed by atoms with E-state index in [4.69, 9.17) is 19.9 Å². The summed E-state index contributed by atoms with van der Waals surface area (Å²) in [7, 11) is 4.89. The van der Waals surface area contributed by atoms with E-state index in [0.29, 0.717) is 23.8 Å². The third-order valence-corrected chi connectivity index (χ3v) is 3.75. The van der Waals surface area contributed by atoms with Gasteiger partial charge in [0.05, 0.1) is 21.3 Å². The van der Waals surface area contributed by atoms with Crippen molar-refractivity contribution in [1.82, 2.24) is 0 Å². The van der Waals surface area contributed by atoms with E-state index < -0.39 is 0 Å². The van der Waals surface area contributed by atoms with Crippen molar-refractivity contribution >= 4 is 5.69 Å². The maximum atomic E-state index is 5.80. The van der Waals surface area contributed by atoms with Crippen molar-refractivity contribution in [3.63, 3.8) is 0 Å². The van der Waals surface area contributed by atoms with Crippen molar-refractivity contribution in [2.45, 2.75) is 12.8 Å². The number of nitrogens with two attached hydrogens (primary N) is 1. The first-order valence-electron chi connectivity index (χ1n) is 6.42. The molecule has 1 aliphatic carbocycles. The molecule has 0 atom stereocenters. The molecule has 2 rings (SSSR count). The molecule has 0 saturated heterocycles. The normalized spacial score (nSPS) is 15.8. The van der Waals surface area contributed by atoms with Crippen molar-refractivity contribution in [2.24, 2.45) is 11.1 Å². The minimum atomic E-state index is 0.246. The number of ether oxygens (including phenoxy) is 3. The zero-order valence-corrected chi connectivity index (χ0v) is 11.8. The second kappa shape index (κ2) is 5.57.